The van der Waals surface area contributed by atoms with E-state index in [4.69, 9.17) is 0 Å². The highest BCUT2D eigenvalue weighted by atomic mass is 16.4. The molecule has 5 heteroatoms. The lowest BCUT2D eigenvalue weighted by Crippen LogP contribution is -2.40. The van der Waals surface area contributed by atoms with Gasteiger partial charge in [0.15, 0.2) is 0 Å². The highest BCUT2D eigenvalue weighted by Gasteiger charge is 2.22. The predicted molar refractivity (Wildman–Crippen MR) is 56.1 cm³/mol. The monoisotopic (exact) mass is 223 g/mol. The molecule has 86 valence electrons. The zero-order valence-corrected chi connectivity index (χ0v) is 8.76. The summed E-state index contributed by atoms with van der Waals surface area (Å²) < 4.78 is 4.64. The molecule has 0 radical (unpaired) electrons. The number of nitrogens with zero attached hydrogens (tertiary/aromatic N) is 1. The average molecular weight is 223 g/mol. The van der Waals surface area contributed by atoms with E-state index in [1.54, 1.807) is 4.90 Å². The zero-order valence-electron chi connectivity index (χ0n) is 8.76. The molecule has 1 aromatic heterocycles. The number of aliphatic hydroxyl groups is 1. The van der Waals surface area contributed by atoms with Gasteiger partial charge < -0.3 is 14.4 Å². The molecule has 0 aromatic carbocycles. The third-order valence-corrected chi connectivity index (χ3v) is 2.70. The number of carbonyl (C=O) groups excluding carboxylic acids is 1. The molecule has 0 aliphatic carbocycles. The number of piperidine rings is 1. The molecule has 5 nitrogen and oxygen atoms in total. The van der Waals surface area contributed by atoms with Crippen LogP contribution in [-0.2, 0) is 0 Å². The van der Waals surface area contributed by atoms with Crippen LogP contribution in [0.4, 0.5) is 0 Å². The second kappa shape index (κ2) is 4.49. The Labute approximate surface area is 92.3 Å². The molecule has 0 bridgehead atoms. The smallest absolute Gasteiger partial charge is 0.335 e. The van der Waals surface area contributed by atoms with Gasteiger partial charge in [-0.15, -0.1) is 0 Å². The summed E-state index contributed by atoms with van der Waals surface area (Å²) in [5, 5.41) is 9.32. The van der Waals surface area contributed by atoms with Crippen molar-refractivity contribution in [1.82, 2.24) is 4.90 Å². The lowest BCUT2D eigenvalue weighted by Gasteiger charge is -2.29. The fourth-order valence-electron chi connectivity index (χ4n) is 1.73. The Kier molecular flexibility index (Phi) is 3.05. The van der Waals surface area contributed by atoms with E-state index in [0.717, 1.165) is 0 Å². The van der Waals surface area contributed by atoms with Crippen molar-refractivity contribution in [3.63, 3.8) is 0 Å². The van der Waals surface area contributed by atoms with E-state index < -0.39 is 5.63 Å². The molecule has 1 aliphatic rings. The number of rotatable bonds is 1. The number of hydrogen-bond acceptors (Lipinski definition) is 4. The highest BCUT2D eigenvalue weighted by Crippen LogP contribution is 2.12. The maximum Gasteiger partial charge on any atom is 0.335 e. The van der Waals surface area contributed by atoms with Crippen molar-refractivity contribution in [2.75, 3.05) is 13.1 Å². The minimum absolute atomic E-state index is 0.157. The number of hydrogen-bond donors (Lipinski definition) is 1. The molecule has 0 unspecified atom stereocenters. The van der Waals surface area contributed by atoms with E-state index in [0.29, 0.717) is 31.5 Å². The van der Waals surface area contributed by atoms with E-state index in [9.17, 15) is 14.7 Å². The molecule has 0 atom stereocenters. The van der Waals surface area contributed by atoms with Gasteiger partial charge in [0.2, 0.25) is 0 Å². The minimum Gasteiger partial charge on any atom is -0.430 e. The van der Waals surface area contributed by atoms with Crippen LogP contribution in [0.5, 0.6) is 0 Å². The van der Waals surface area contributed by atoms with Crippen LogP contribution in [0.1, 0.15) is 23.2 Å². The summed E-state index contributed by atoms with van der Waals surface area (Å²) in [6.07, 6.45) is 2.07. The molecule has 16 heavy (non-hydrogen) atoms. The van der Waals surface area contributed by atoms with E-state index >= 15 is 0 Å². The Balaban J connectivity index is 2.07. The molecule has 1 saturated heterocycles. The predicted octanol–water partition coefficient (Wildman–Crippen LogP) is 0.237. The van der Waals surface area contributed by atoms with Crippen LogP contribution in [-0.4, -0.2) is 35.1 Å². The van der Waals surface area contributed by atoms with Crippen LogP contribution in [0, 0.1) is 0 Å². The molecule has 1 amide bonds. The van der Waals surface area contributed by atoms with Crippen molar-refractivity contribution in [3.05, 3.63) is 34.4 Å². The Morgan fingerprint density at radius 1 is 1.38 bits per heavy atom. The number of amides is 1. The zero-order chi connectivity index (χ0) is 11.5. The number of aliphatic hydroxyl groups excluding tert-OH is 1. The standard InChI is InChI=1S/C11H13NO4/c13-9-3-5-12(6-4-9)11(15)8-1-2-10(14)16-7-8/h1-2,7,9,13H,3-6H2. The molecule has 0 spiro atoms. The maximum absolute atomic E-state index is 11.9. The summed E-state index contributed by atoms with van der Waals surface area (Å²) in [4.78, 5) is 24.3. The third-order valence-electron chi connectivity index (χ3n) is 2.70. The van der Waals surface area contributed by atoms with Gasteiger partial charge in [-0.25, -0.2) is 4.79 Å². The summed E-state index contributed by atoms with van der Waals surface area (Å²) in [7, 11) is 0. The Morgan fingerprint density at radius 2 is 2.06 bits per heavy atom. The maximum atomic E-state index is 11.9. The molecular weight excluding hydrogens is 210 g/mol. The van der Waals surface area contributed by atoms with Gasteiger partial charge in [0.1, 0.15) is 6.26 Å². The normalized spacial score (nSPS) is 17.4. The molecule has 1 N–H and O–H groups in total. The van der Waals surface area contributed by atoms with Gasteiger partial charge in [0.25, 0.3) is 5.91 Å². The van der Waals surface area contributed by atoms with Gasteiger partial charge in [-0.1, -0.05) is 0 Å². The van der Waals surface area contributed by atoms with Crippen LogP contribution in [0.15, 0.2) is 27.6 Å². The largest absolute Gasteiger partial charge is 0.430 e. The van der Waals surface area contributed by atoms with Crippen LogP contribution in [0.2, 0.25) is 0 Å². The molecule has 2 rings (SSSR count). The van der Waals surface area contributed by atoms with Crippen molar-refractivity contribution >= 4 is 5.91 Å². The first kappa shape index (κ1) is 10.9. The fraction of sp³-hybridized carbons (Fsp3) is 0.455. The van der Waals surface area contributed by atoms with Crippen LogP contribution < -0.4 is 5.63 Å². The topological polar surface area (TPSA) is 70.8 Å². The second-order valence-electron chi connectivity index (χ2n) is 3.87. The van der Waals surface area contributed by atoms with Gasteiger partial charge >= 0.3 is 5.63 Å². The van der Waals surface area contributed by atoms with Crippen LogP contribution in [0.25, 0.3) is 0 Å². The van der Waals surface area contributed by atoms with Crippen LogP contribution in [0.3, 0.4) is 0 Å². The molecule has 0 saturated carbocycles. The van der Waals surface area contributed by atoms with Crippen LogP contribution >= 0.6 is 0 Å². The van der Waals surface area contributed by atoms with Gasteiger partial charge in [0, 0.05) is 19.2 Å². The summed E-state index contributed by atoms with van der Waals surface area (Å²) in [5.41, 5.74) is -0.0957. The minimum atomic E-state index is -0.467. The number of likely N-dealkylation sites (tertiary alicyclic amines) is 1. The molecule has 1 aliphatic heterocycles. The lowest BCUT2D eigenvalue weighted by atomic mass is 10.1. The highest BCUT2D eigenvalue weighted by molar-refractivity contribution is 5.93. The van der Waals surface area contributed by atoms with Gasteiger partial charge in [-0.3, -0.25) is 4.79 Å². The molecule has 1 aromatic rings. The quantitative estimate of drug-likeness (QED) is 0.740. The first-order chi connectivity index (χ1) is 7.66. The second-order valence-corrected chi connectivity index (χ2v) is 3.87. The average Bonchev–Trinajstić information content (AvgIpc) is 2.30. The molecule has 2 heterocycles. The van der Waals surface area contributed by atoms with Crippen molar-refractivity contribution in [2.24, 2.45) is 0 Å². The Hall–Kier alpha value is -1.62. The SMILES string of the molecule is O=C(c1ccc(=O)oc1)N1CCC(O)CC1. The van der Waals surface area contributed by atoms with E-state index in [2.05, 4.69) is 4.42 Å². The Morgan fingerprint density at radius 3 is 2.62 bits per heavy atom. The molecular formula is C11H13NO4. The molecule has 1 fully saturated rings. The summed E-state index contributed by atoms with van der Waals surface area (Å²) in [5.74, 6) is -0.157. The van der Waals surface area contributed by atoms with Crippen molar-refractivity contribution in [3.8, 4) is 0 Å². The summed E-state index contributed by atoms with van der Waals surface area (Å²) >= 11 is 0. The number of carbonyl (C=O) groups is 1. The van der Waals surface area contributed by atoms with E-state index in [1.165, 1.54) is 18.4 Å². The third kappa shape index (κ3) is 2.30. The van der Waals surface area contributed by atoms with E-state index in [1.807, 2.05) is 0 Å². The van der Waals surface area contributed by atoms with Crippen molar-refractivity contribution < 1.29 is 14.3 Å². The first-order valence-electron chi connectivity index (χ1n) is 5.23. The fourth-order valence-corrected chi connectivity index (χ4v) is 1.73. The lowest BCUT2D eigenvalue weighted by molar-refractivity contribution is 0.0544. The van der Waals surface area contributed by atoms with Gasteiger partial charge in [-0.2, -0.15) is 0 Å². The Bertz CT molecular complexity index is 411. The summed E-state index contributed by atoms with van der Waals surface area (Å²) in [6, 6.07) is 2.69. The summed E-state index contributed by atoms with van der Waals surface area (Å²) in [6.45, 7) is 1.08. The van der Waals surface area contributed by atoms with Crippen molar-refractivity contribution in [2.45, 2.75) is 18.9 Å². The van der Waals surface area contributed by atoms with E-state index in [-0.39, 0.29) is 12.0 Å². The first-order valence-corrected chi connectivity index (χ1v) is 5.23. The van der Waals surface area contributed by atoms with Crippen molar-refractivity contribution in [1.29, 1.82) is 0 Å². The van der Waals surface area contributed by atoms with Gasteiger partial charge in [0.05, 0.1) is 11.7 Å². The van der Waals surface area contributed by atoms with Gasteiger partial charge in [-0.05, 0) is 18.9 Å².